The van der Waals surface area contributed by atoms with Crippen molar-refractivity contribution in [2.24, 2.45) is 0 Å². The molecule has 0 amide bonds. The molecule has 4 heteroatoms. The van der Waals surface area contributed by atoms with E-state index in [1.165, 1.54) is 86.1 Å². The van der Waals surface area contributed by atoms with Crippen molar-refractivity contribution in [2.45, 2.75) is 0 Å². The molecule has 9 aromatic carbocycles. The maximum atomic E-state index is 2.70. The molecule has 0 unspecified atom stereocenters. The molecule has 0 fully saturated rings. The summed E-state index contributed by atoms with van der Waals surface area (Å²) >= 11 is 0. The van der Waals surface area contributed by atoms with Crippen molar-refractivity contribution in [3.05, 3.63) is 231 Å². The van der Waals surface area contributed by atoms with Crippen molar-refractivity contribution in [2.75, 3.05) is 4.90 Å². The quantitative estimate of drug-likeness (QED) is 0.222. The van der Waals surface area contributed by atoms with E-state index in [1.807, 2.05) is 0 Å². The van der Waals surface area contributed by atoms with Crippen LogP contribution in [0.25, 0.3) is 11.1 Å². The first-order chi connectivity index (χ1) is 28.8. The van der Waals surface area contributed by atoms with Crippen molar-refractivity contribution in [1.82, 2.24) is 0 Å². The first-order valence-electron chi connectivity index (χ1n) is 20.4. The summed E-state index contributed by atoms with van der Waals surface area (Å²) in [4.78, 5) is 2.70. The first-order valence-corrected chi connectivity index (χ1v) is 24.4. The second-order valence-corrected chi connectivity index (χ2v) is 23.4. The molecule has 0 radical (unpaired) electrons. The van der Waals surface area contributed by atoms with Crippen molar-refractivity contribution >= 4 is 97.8 Å². The molecule has 12 rings (SSSR count). The zero-order valence-corrected chi connectivity index (χ0v) is 34.0. The number of para-hydroxylation sites is 2. The van der Waals surface area contributed by atoms with Gasteiger partial charge in [0.1, 0.15) is 0 Å². The Morgan fingerprint density at radius 1 is 0.310 bits per heavy atom. The topological polar surface area (TPSA) is 3.24 Å². The molecule has 1 nitrogen and oxygen atoms in total. The maximum absolute atomic E-state index is 2.90. The number of fused-ring (bicyclic) bond motifs is 6. The Morgan fingerprint density at radius 3 is 1.34 bits per heavy atom. The van der Waals surface area contributed by atoms with Crippen LogP contribution in [0.3, 0.4) is 0 Å². The van der Waals surface area contributed by atoms with Gasteiger partial charge in [-0.15, -0.1) is 0 Å². The third-order valence-electron chi connectivity index (χ3n) is 13.3. The summed E-state index contributed by atoms with van der Waals surface area (Å²) < 4.78 is 0. The summed E-state index contributed by atoms with van der Waals surface area (Å²) in [5, 5.41) is 11.5. The van der Waals surface area contributed by atoms with Gasteiger partial charge in [0.2, 0.25) is 6.71 Å². The van der Waals surface area contributed by atoms with Gasteiger partial charge >= 0.3 is 0 Å². The number of anilines is 3. The van der Waals surface area contributed by atoms with Gasteiger partial charge in [-0.1, -0.05) is 224 Å². The predicted molar refractivity (Wildman–Crippen MR) is 252 cm³/mol. The van der Waals surface area contributed by atoms with Crippen LogP contribution in [0.4, 0.5) is 17.1 Å². The largest absolute Gasteiger partial charge is 0.312 e. The van der Waals surface area contributed by atoms with Crippen LogP contribution in [-0.4, -0.2) is 22.9 Å². The highest BCUT2D eigenvalue weighted by Crippen LogP contribution is 2.41. The van der Waals surface area contributed by atoms with Gasteiger partial charge in [-0.05, 0) is 75.7 Å². The molecule has 9 aromatic rings. The molecule has 58 heavy (non-hydrogen) atoms. The van der Waals surface area contributed by atoms with Gasteiger partial charge in [0, 0.05) is 17.1 Å². The lowest BCUT2D eigenvalue weighted by Gasteiger charge is -2.52. The van der Waals surface area contributed by atoms with Crippen molar-refractivity contribution in [3.8, 4) is 11.1 Å². The van der Waals surface area contributed by atoms with E-state index in [2.05, 4.69) is 235 Å². The van der Waals surface area contributed by atoms with Crippen LogP contribution in [-0.2, 0) is 0 Å². The van der Waals surface area contributed by atoms with E-state index in [0.717, 1.165) is 0 Å². The third-order valence-corrected chi connectivity index (χ3v) is 23.0. The van der Waals surface area contributed by atoms with Crippen LogP contribution in [0.1, 0.15) is 0 Å². The summed E-state index contributed by atoms with van der Waals surface area (Å²) in [7, 11) is -5.73. The Hall–Kier alpha value is -6.72. The molecule has 0 saturated carbocycles. The second-order valence-electron chi connectivity index (χ2n) is 15.9. The summed E-state index contributed by atoms with van der Waals surface area (Å²) in [6.07, 6.45) is 0. The van der Waals surface area contributed by atoms with Crippen LogP contribution < -0.4 is 62.8 Å². The third kappa shape index (κ3) is 4.42. The normalized spacial score (nSPS) is 14.8. The molecule has 270 valence electrons. The molecule has 0 saturated heterocycles. The molecule has 0 aromatic heterocycles. The van der Waals surface area contributed by atoms with Crippen molar-refractivity contribution < 1.29 is 0 Å². The van der Waals surface area contributed by atoms with E-state index >= 15 is 0 Å². The minimum Gasteiger partial charge on any atom is -0.312 e. The molecule has 0 spiro atoms. The Bertz CT molecular complexity index is 2930. The van der Waals surface area contributed by atoms with E-state index in [-0.39, 0.29) is 6.71 Å². The molecular weight excluding hydrogens is 730 g/mol. The van der Waals surface area contributed by atoms with Crippen molar-refractivity contribution in [3.63, 3.8) is 0 Å². The van der Waals surface area contributed by atoms with E-state index in [4.69, 9.17) is 0 Å². The summed E-state index contributed by atoms with van der Waals surface area (Å²) in [6.45, 7) is 0.0637. The average molecular weight is 768 g/mol. The van der Waals surface area contributed by atoms with Gasteiger partial charge in [0.25, 0.3) is 0 Å². The molecule has 0 atom stereocenters. The first kappa shape index (κ1) is 33.4. The Labute approximate surface area is 342 Å². The summed E-state index contributed by atoms with van der Waals surface area (Å²) in [5.74, 6) is 0. The van der Waals surface area contributed by atoms with Gasteiger partial charge in [0.05, 0.1) is 0 Å². The minimum absolute atomic E-state index is 0.0637. The van der Waals surface area contributed by atoms with Crippen molar-refractivity contribution in [1.29, 1.82) is 0 Å². The second kappa shape index (κ2) is 12.9. The number of hydrogen-bond donors (Lipinski definition) is 0. The molecule has 0 aliphatic carbocycles. The van der Waals surface area contributed by atoms with E-state index in [1.54, 1.807) is 0 Å². The number of rotatable bonds is 5. The Morgan fingerprint density at radius 2 is 0.759 bits per heavy atom. The van der Waals surface area contributed by atoms with E-state index < -0.39 is 16.1 Å². The smallest absolute Gasteiger partial charge is 0.246 e. The fraction of sp³-hybridized carbons (Fsp3) is 0. The van der Waals surface area contributed by atoms with Crippen LogP contribution in [0.5, 0.6) is 0 Å². The summed E-state index contributed by atoms with van der Waals surface area (Å²) in [5.41, 5.74) is 10.7. The standard InChI is InChI=1S/C54H38BNSi2/c1-6-21-39(22-7-1)40-37-48-53-52(38-40)57(41-23-8-2-9-24-41,42-25-10-3-11-26-42)49-34-18-16-31-45(49)55(53)46-32-20-36-51-54(46)56(48)47-33-17-19-35-50(47)58(51,43-27-12-4-13-28-43)44-29-14-5-15-30-44/h1-38H. The highest BCUT2D eigenvalue weighted by Gasteiger charge is 2.56. The van der Waals surface area contributed by atoms with Crippen LogP contribution >= 0.6 is 0 Å². The predicted octanol–water partition coefficient (Wildman–Crippen LogP) is 5.03. The van der Waals surface area contributed by atoms with Crippen LogP contribution in [0.2, 0.25) is 0 Å². The highest BCUT2D eigenvalue weighted by molar-refractivity contribution is 7.27. The molecule has 3 heterocycles. The molecule has 0 N–H and O–H groups in total. The fourth-order valence-electron chi connectivity index (χ4n) is 11.1. The van der Waals surface area contributed by atoms with Gasteiger partial charge in [-0.3, -0.25) is 0 Å². The lowest BCUT2D eigenvalue weighted by Crippen LogP contribution is -2.88. The monoisotopic (exact) mass is 767 g/mol. The molecule has 3 aliphatic heterocycles. The van der Waals surface area contributed by atoms with Crippen LogP contribution in [0.15, 0.2) is 231 Å². The highest BCUT2D eigenvalue weighted by atomic mass is 28.3. The number of hydrogen-bond acceptors (Lipinski definition) is 1. The minimum atomic E-state index is -2.90. The fourth-order valence-corrected chi connectivity index (χ4v) is 21.6. The van der Waals surface area contributed by atoms with Crippen LogP contribution in [0, 0.1) is 0 Å². The molecular formula is C54H38BNSi2. The molecule has 3 aliphatic rings. The lowest BCUT2D eigenvalue weighted by atomic mass is 9.34. The lowest BCUT2D eigenvalue weighted by molar-refractivity contribution is 1.30. The summed E-state index contributed by atoms with van der Waals surface area (Å²) in [6, 6.07) is 88.1. The van der Waals surface area contributed by atoms with Gasteiger partial charge < -0.3 is 4.90 Å². The van der Waals surface area contributed by atoms with Gasteiger partial charge in [-0.2, -0.15) is 0 Å². The zero-order chi connectivity index (χ0) is 38.3. The Kier molecular flexibility index (Phi) is 7.43. The zero-order valence-electron chi connectivity index (χ0n) is 32.0. The van der Waals surface area contributed by atoms with Gasteiger partial charge in [-0.25, -0.2) is 0 Å². The van der Waals surface area contributed by atoms with Gasteiger partial charge in [0.15, 0.2) is 16.1 Å². The SMILES string of the molecule is c1ccc(-c2cc3c4c(c2)[Si](c2ccccc2)(c2ccccc2)c2ccccc2B4c2cccc4c2N3c2ccccc2[Si]4(c2ccccc2)c2ccccc2)cc1. The Balaban J connectivity index is 1.29. The van der Waals surface area contributed by atoms with E-state index in [9.17, 15) is 0 Å². The number of benzene rings is 9. The maximum Gasteiger partial charge on any atom is 0.246 e. The molecule has 0 bridgehead atoms. The number of nitrogens with zero attached hydrogens (tertiary/aromatic N) is 1. The average Bonchev–Trinajstić information content (AvgIpc) is 3.31. The van der Waals surface area contributed by atoms with E-state index in [0.29, 0.717) is 0 Å².